The van der Waals surface area contributed by atoms with Gasteiger partial charge in [0.25, 0.3) is 0 Å². The van der Waals surface area contributed by atoms with Gasteiger partial charge < -0.3 is 10.8 Å². The van der Waals surface area contributed by atoms with Crippen LogP contribution < -0.4 is 5.73 Å². The molecular weight excluding hydrogens is 264 g/mol. The largest absolute Gasteiger partial charge is 0.391 e. The zero-order chi connectivity index (χ0) is 13.9. The highest BCUT2D eigenvalue weighted by molar-refractivity contribution is 7.90. The van der Waals surface area contributed by atoms with Gasteiger partial charge in [0.1, 0.15) is 21.5 Å². The molecular formula is C11H15F2NO3S. The number of hydrogen-bond acceptors (Lipinski definition) is 4. The second-order valence-electron chi connectivity index (χ2n) is 4.17. The molecule has 2 unspecified atom stereocenters. The van der Waals surface area contributed by atoms with E-state index in [9.17, 15) is 22.3 Å². The molecule has 3 N–H and O–H groups in total. The van der Waals surface area contributed by atoms with Crippen molar-refractivity contribution in [3.05, 3.63) is 35.4 Å². The van der Waals surface area contributed by atoms with Gasteiger partial charge in [-0.1, -0.05) is 6.07 Å². The van der Waals surface area contributed by atoms with Crippen LogP contribution in [0.1, 0.15) is 11.5 Å². The van der Waals surface area contributed by atoms with E-state index >= 15 is 0 Å². The summed E-state index contributed by atoms with van der Waals surface area (Å²) in [5.74, 6) is -3.01. The van der Waals surface area contributed by atoms with Gasteiger partial charge in [-0.2, -0.15) is 0 Å². The lowest BCUT2D eigenvalue weighted by Crippen LogP contribution is -2.32. The van der Waals surface area contributed by atoms with Gasteiger partial charge in [-0.05, 0) is 11.6 Å². The average molecular weight is 279 g/mol. The second-order valence-corrected chi connectivity index (χ2v) is 6.35. The topological polar surface area (TPSA) is 80.4 Å². The Morgan fingerprint density at radius 1 is 1.39 bits per heavy atom. The van der Waals surface area contributed by atoms with Crippen molar-refractivity contribution >= 4 is 9.84 Å². The van der Waals surface area contributed by atoms with Gasteiger partial charge in [-0.15, -0.1) is 0 Å². The number of sulfone groups is 1. The molecule has 0 aliphatic carbocycles. The normalized spacial score (nSPS) is 15.4. The molecule has 0 amide bonds. The van der Waals surface area contributed by atoms with Crippen LogP contribution in [0.2, 0.25) is 0 Å². The Labute approximate surface area is 104 Å². The Morgan fingerprint density at radius 2 is 2.00 bits per heavy atom. The molecule has 0 aromatic heterocycles. The number of nitrogens with two attached hydrogens (primary N) is 1. The molecule has 0 fully saturated rings. The summed E-state index contributed by atoms with van der Waals surface area (Å²) in [7, 11) is -3.41. The first-order chi connectivity index (χ1) is 8.24. The first kappa shape index (κ1) is 15.0. The van der Waals surface area contributed by atoms with Crippen LogP contribution in [0, 0.1) is 11.6 Å². The number of benzene rings is 1. The summed E-state index contributed by atoms with van der Waals surface area (Å²) in [5, 5.41) is 9.77. The number of aliphatic hydroxyl groups excluding tert-OH is 1. The smallest absolute Gasteiger partial charge is 0.150 e. The monoisotopic (exact) mass is 279 g/mol. The Kier molecular flexibility index (Phi) is 4.78. The van der Waals surface area contributed by atoms with E-state index in [4.69, 9.17) is 5.73 Å². The van der Waals surface area contributed by atoms with E-state index in [2.05, 4.69) is 0 Å². The maximum Gasteiger partial charge on any atom is 0.150 e. The minimum absolute atomic E-state index is 0.00931. The Balaban J connectivity index is 3.02. The van der Waals surface area contributed by atoms with Crippen molar-refractivity contribution in [3.8, 4) is 0 Å². The summed E-state index contributed by atoms with van der Waals surface area (Å²) >= 11 is 0. The highest BCUT2D eigenvalue weighted by atomic mass is 32.2. The van der Waals surface area contributed by atoms with E-state index in [-0.39, 0.29) is 12.1 Å². The van der Waals surface area contributed by atoms with Crippen molar-refractivity contribution in [2.75, 3.05) is 18.6 Å². The summed E-state index contributed by atoms with van der Waals surface area (Å²) < 4.78 is 48.4. The molecule has 18 heavy (non-hydrogen) atoms. The van der Waals surface area contributed by atoms with Crippen LogP contribution in [0.4, 0.5) is 8.78 Å². The molecule has 0 aliphatic heterocycles. The van der Waals surface area contributed by atoms with E-state index in [0.717, 1.165) is 18.4 Å². The Bertz CT molecular complexity index is 519. The standard InChI is InChI=1S/C11H15F2NO3S/c1-18(16,17)6-11(15)9(5-14)8-3-2-7(12)4-10(8)13/h2-4,9,11,15H,5-6,14H2,1H3. The molecule has 2 atom stereocenters. The quantitative estimate of drug-likeness (QED) is 0.818. The summed E-state index contributed by atoms with van der Waals surface area (Å²) in [5.41, 5.74) is 5.43. The van der Waals surface area contributed by atoms with E-state index in [1.54, 1.807) is 0 Å². The molecule has 1 aromatic rings. The summed E-state index contributed by atoms with van der Waals surface area (Å²) in [6.07, 6.45) is -0.366. The number of rotatable bonds is 5. The zero-order valence-corrected chi connectivity index (χ0v) is 10.6. The van der Waals surface area contributed by atoms with Gasteiger partial charge >= 0.3 is 0 Å². The Hall–Kier alpha value is -1.05. The predicted molar refractivity (Wildman–Crippen MR) is 63.9 cm³/mol. The van der Waals surface area contributed by atoms with Crippen LogP contribution in [-0.4, -0.2) is 38.2 Å². The third-order valence-corrected chi connectivity index (χ3v) is 3.50. The number of halogens is 2. The van der Waals surface area contributed by atoms with Crippen LogP contribution in [0.5, 0.6) is 0 Å². The van der Waals surface area contributed by atoms with Gasteiger partial charge in [0.15, 0.2) is 0 Å². The summed E-state index contributed by atoms with van der Waals surface area (Å²) in [6, 6.07) is 2.87. The molecule has 1 rings (SSSR count). The molecule has 0 saturated carbocycles. The molecule has 0 saturated heterocycles. The van der Waals surface area contributed by atoms with Crippen LogP contribution in [0.25, 0.3) is 0 Å². The molecule has 0 bridgehead atoms. The van der Waals surface area contributed by atoms with Gasteiger partial charge in [-0.3, -0.25) is 0 Å². The molecule has 102 valence electrons. The zero-order valence-electron chi connectivity index (χ0n) is 9.81. The minimum atomic E-state index is -3.41. The van der Waals surface area contributed by atoms with Gasteiger partial charge in [0, 0.05) is 24.8 Å². The fraction of sp³-hybridized carbons (Fsp3) is 0.455. The van der Waals surface area contributed by atoms with Gasteiger partial charge in [0.2, 0.25) is 0 Å². The maximum atomic E-state index is 13.5. The molecule has 4 nitrogen and oxygen atoms in total. The minimum Gasteiger partial charge on any atom is -0.391 e. The number of aliphatic hydroxyl groups is 1. The summed E-state index contributed by atoms with van der Waals surface area (Å²) in [6.45, 7) is -0.140. The predicted octanol–water partition coefficient (Wildman–Crippen LogP) is 0.413. The average Bonchev–Trinajstić information content (AvgIpc) is 2.19. The lowest BCUT2D eigenvalue weighted by Gasteiger charge is -2.21. The lowest BCUT2D eigenvalue weighted by molar-refractivity contribution is 0.165. The third kappa shape index (κ3) is 4.01. The molecule has 7 heteroatoms. The van der Waals surface area contributed by atoms with Crippen LogP contribution in [0.3, 0.4) is 0 Å². The first-order valence-electron chi connectivity index (χ1n) is 5.25. The molecule has 0 heterocycles. The van der Waals surface area contributed by atoms with E-state index in [1.807, 2.05) is 0 Å². The maximum absolute atomic E-state index is 13.5. The number of hydrogen-bond donors (Lipinski definition) is 2. The van der Waals surface area contributed by atoms with E-state index in [1.165, 1.54) is 0 Å². The van der Waals surface area contributed by atoms with Crippen molar-refractivity contribution in [1.82, 2.24) is 0 Å². The SMILES string of the molecule is CS(=O)(=O)CC(O)C(CN)c1ccc(F)cc1F. The van der Waals surface area contributed by atoms with Gasteiger partial charge in [-0.25, -0.2) is 17.2 Å². The molecule has 0 aliphatic rings. The second kappa shape index (κ2) is 5.73. The summed E-state index contributed by atoms with van der Waals surface area (Å²) in [4.78, 5) is 0. The highest BCUT2D eigenvalue weighted by Gasteiger charge is 2.26. The van der Waals surface area contributed by atoms with Crippen LogP contribution in [0.15, 0.2) is 18.2 Å². The fourth-order valence-corrected chi connectivity index (χ4v) is 2.57. The lowest BCUT2D eigenvalue weighted by atomic mass is 9.94. The molecule has 1 aromatic carbocycles. The van der Waals surface area contributed by atoms with E-state index < -0.39 is 39.2 Å². The highest BCUT2D eigenvalue weighted by Crippen LogP contribution is 2.23. The van der Waals surface area contributed by atoms with Crippen molar-refractivity contribution in [1.29, 1.82) is 0 Å². The van der Waals surface area contributed by atoms with Crippen molar-refractivity contribution in [3.63, 3.8) is 0 Å². The first-order valence-corrected chi connectivity index (χ1v) is 7.31. The van der Waals surface area contributed by atoms with Gasteiger partial charge in [0.05, 0.1) is 11.9 Å². The van der Waals surface area contributed by atoms with Crippen LogP contribution >= 0.6 is 0 Å². The molecule has 0 radical (unpaired) electrons. The third-order valence-electron chi connectivity index (χ3n) is 2.55. The fourth-order valence-electron chi connectivity index (χ4n) is 1.72. The van der Waals surface area contributed by atoms with Crippen molar-refractivity contribution in [2.45, 2.75) is 12.0 Å². The van der Waals surface area contributed by atoms with Crippen molar-refractivity contribution < 1.29 is 22.3 Å². The Morgan fingerprint density at radius 3 is 2.44 bits per heavy atom. The van der Waals surface area contributed by atoms with Crippen LogP contribution in [-0.2, 0) is 9.84 Å². The molecule has 0 spiro atoms. The van der Waals surface area contributed by atoms with Crippen molar-refractivity contribution in [2.24, 2.45) is 5.73 Å². The van der Waals surface area contributed by atoms with E-state index in [0.29, 0.717) is 6.07 Å².